The van der Waals surface area contributed by atoms with Gasteiger partial charge in [0.1, 0.15) is 6.67 Å². The predicted molar refractivity (Wildman–Crippen MR) is 52.5 cm³/mol. The van der Waals surface area contributed by atoms with E-state index < -0.39 is 0 Å². The van der Waals surface area contributed by atoms with Crippen molar-refractivity contribution in [2.75, 3.05) is 11.0 Å². The third-order valence-electron chi connectivity index (χ3n) is 2.17. The first-order valence-corrected chi connectivity index (χ1v) is 4.31. The van der Waals surface area contributed by atoms with Crippen molar-refractivity contribution >= 4 is 30.4 Å². The number of hydrogen-bond acceptors (Lipinski definition) is 5. The van der Waals surface area contributed by atoms with E-state index in [1.165, 1.54) is 0 Å². The van der Waals surface area contributed by atoms with Crippen molar-refractivity contribution in [2.45, 2.75) is 0 Å². The first-order valence-electron chi connectivity index (χ1n) is 3.91. The highest BCUT2D eigenvalue weighted by Gasteiger charge is 2.14. The lowest BCUT2D eigenvalue weighted by atomic mass is 10.2. The molecule has 0 unspecified atom stereocenters. The smallest absolute Gasteiger partial charge is 0.121 e. The van der Waals surface area contributed by atoms with Gasteiger partial charge in [0.05, 0.1) is 22.9 Å². The van der Waals surface area contributed by atoms with Gasteiger partial charge in [0.15, 0.2) is 0 Å². The van der Waals surface area contributed by atoms with E-state index in [4.69, 9.17) is 0 Å². The summed E-state index contributed by atoms with van der Waals surface area (Å²) in [6, 6.07) is 3.90. The monoisotopic (exact) mass is 190 g/mol. The third-order valence-corrected chi connectivity index (χ3v) is 2.51. The first-order chi connectivity index (χ1) is 6.36. The Bertz CT molecular complexity index is 520. The lowest BCUT2D eigenvalue weighted by Crippen LogP contribution is -2.24. The molecule has 0 bridgehead atoms. The van der Waals surface area contributed by atoms with Gasteiger partial charge in [-0.3, -0.25) is 9.30 Å². The Hall–Kier alpha value is -1.36. The second-order valence-corrected chi connectivity index (χ2v) is 3.39. The highest BCUT2D eigenvalue weighted by atomic mass is 32.1. The van der Waals surface area contributed by atoms with Crippen LogP contribution in [0.2, 0.25) is 0 Å². The van der Waals surface area contributed by atoms with E-state index >= 15 is 0 Å². The van der Waals surface area contributed by atoms with Crippen LogP contribution in [0.3, 0.4) is 0 Å². The number of nitrogens with zero attached hydrogens (tertiary/aromatic N) is 4. The molecule has 0 fully saturated rings. The van der Waals surface area contributed by atoms with E-state index in [1.807, 2.05) is 16.4 Å². The molecule has 3 rings (SSSR count). The molecule has 0 radical (unpaired) electrons. The van der Waals surface area contributed by atoms with Crippen molar-refractivity contribution in [3.05, 3.63) is 22.7 Å². The lowest BCUT2D eigenvalue weighted by Gasteiger charge is -2.07. The van der Waals surface area contributed by atoms with Gasteiger partial charge in [-0.25, -0.2) is 0 Å². The summed E-state index contributed by atoms with van der Waals surface area (Å²) in [5, 5.41) is 9.78. The van der Waals surface area contributed by atoms with Crippen molar-refractivity contribution in [1.82, 2.24) is 0 Å². The molecule has 4 nitrogen and oxygen atoms in total. The number of rotatable bonds is 0. The van der Waals surface area contributed by atoms with Crippen LogP contribution in [0.1, 0.15) is 0 Å². The van der Waals surface area contributed by atoms with E-state index in [0.717, 1.165) is 22.0 Å². The second kappa shape index (κ2) is 2.32. The molecule has 13 heavy (non-hydrogen) atoms. The summed E-state index contributed by atoms with van der Waals surface area (Å²) >= 11 is 4.28. The first kappa shape index (κ1) is 7.08. The molecule has 0 aliphatic carbocycles. The second-order valence-electron chi connectivity index (χ2n) is 2.91. The Morgan fingerprint density at radius 2 is 2.31 bits per heavy atom. The molecule has 0 aromatic heterocycles. The highest BCUT2D eigenvalue weighted by Crippen LogP contribution is 2.18. The number of anilines is 1. The largest absolute Gasteiger partial charge is 0.296 e. The number of fused-ring (bicyclic) bond motifs is 3. The zero-order chi connectivity index (χ0) is 8.84. The van der Waals surface area contributed by atoms with Crippen LogP contribution in [0.25, 0.3) is 6.20 Å². The zero-order valence-electron chi connectivity index (χ0n) is 6.68. The maximum Gasteiger partial charge on any atom is 0.121 e. The summed E-state index contributed by atoms with van der Waals surface area (Å²) in [4.78, 5) is 4.35. The van der Waals surface area contributed by atoms with Gasteiger partial charge >= 0.3 is 0 Å². The van der Waals surface area contributed by atoms with Crippen LogP contribution in [-0.2, 0) is 0 Å². The van der Waals surface area contributed by atoms with Gasteiger partial charge in [-0.15, -0.1) is 0 Å². The molecule has 2 aliphatic heterocycles. The fourth-order valence-electron chi connectivity index (χ4n) is 1.54. The Labute approximate surface area is 79.9 Å². The fourth-order valence-corrected chi connectivity index (χ4v) is 1.76. The summed E-state index contributed by atoms with van der Waals surface area (Å²) in [6.07, 6.45) is 1.74. The minimum Gasteiger partial charge on any atom is -0.296 e. The van der Waals surface area contributed by atoms with Crippen LogP contribution in [0, 0.1) is 0 Å². The number of thiol groups is 1. The van der Waals surface area contributed by atoms with Crippen LogP contribution in [0.4, 0.5) is 11.4 Å². The van der Waals surface area contributed by atoms with Crippen molar-refractivity contribution in [2.24, 2.45) is 15.2 Å². The van der Waals surface area contributed by atoms with Crippen molar-refractivity contribution in [3.63, 3.8) is 0 Å². The molecule has 1 aromatic carbocycles. The molecule has 2 heterocycles. The Morgan fingerprint density at radius 3 is 3.23 bits per heavy atom. The van der Waals surface area contributed by atoms with E-state index in [0.29, 0.717) is 6.67 Å². The quantitative estimate of drug-likeness (QED) is 0.603. The van der Waals surface area contributed by atoms with Gasteiger partial charge in [-0.1, -0.05) is 12.8 Å². The van der Waals surface area contributed by atoms with Gasteiger partial charge in [0.25, 0.3) is 0 Å². The molecule has 0 spiro atoms. The van der Waals surface area contributed by atoms with E-state index in [2.05, 4.69) is 28.0 Å². The Balaban J connectivity index is 2.46. The SMILES string of the molecule is SN1CN=c2c1ccc1c2=CN=N1. The summed E-state index contributed by atoms with van der Waals surface area (Å²) in [7, 11) is 0. The molecule has 0 N–H and O–H groups in total. The van der Waals surface area contributed by atoms with Crippen LogP contribution >= 0.6 is 12.8 Å². The maximum absolute atomic E-state index is 4.35. The third kappa shape index (κ3) is 0.846. The van der Waals surface area contributed by atoms with Gasteiger partial charge in [-0.2, -0.15) is 10.2 Å². The van der Waals surface area contributed by atoms with E-state index in [1.54, 1.807) is 6.20 Å². The molecule has 0 amide bonds. The standard InChI is InChI=1S/C8H6N4S/c13-12-4-9-8-5-3-10-11-6(5)1-2-7(8)12/h1-3,13H,4H2. The summed E-state index contributed by atoms with van der Waals surface area (Å²) in [5.74, 6) is 0. The molecule has 0 atom stereocenters. The van der Waals surface area contributed by atoms with Crippen LogP contribution in [0.5, 0.6) is 0 Å². The highest BCUT2D eigenvalue weighted by molar-refractivity contribution is 7.81. The summed E-state index contributed by atoms with van der Waals surface area (Å²) < 4.78 is 1.81. The average molecular weight is 190 g/mol. The lowest BCUT2D eigenvalue weighted by molar-refractivity contribution is 1.09. The fraction of sp³-hybridized carbons (Fsp3) is 0.125. The molecule has 1 aromatic rings. The molecule has 5 heteroatoms. The average Bonchev–Trinajstić information content (AvgIpc) is 2.70. The molecular formula is C8H6N4S. The van der Waals surface area contributed by atoms with Crippen molar-refractivity contribution in [1.29, 1.82) is 0 Å². The zero-order valence-corrected chi connectivity index (χ0v) is 7.57. The van der Waals surface area contributed by atoms with E-state index in [-0.39, 0.29) is 0 Å². The van der Waals surface area contributed by atoms with Crippen LogP contribution in [-0.4, -0.2) is 6.67 Å². The molecule has 0 saturated carbocycles. The van der Waals surface area contributed by atoms with Crippen LogP contribution < -0.4 is 14.9 Å². The minimum atomic E-state index is 0.600. The molecule has 64 valence electrons. The van der Waals surface area contributed by atoms with Gasteiger partial charge in [0.2, 0.25) is 0 Å². The Morgan fingerprint density at radius 1 is 1.38 bits per heavy atom. The minimum absolute atomic E-state index is 0.600. The predicted octanol–water partition coefficient (Wildman–Crippen LogP) is 0.764. The van der Waals surface area contributed by atoms with Gasteiger partial charge in [-0.05, 0) is 12.1 Å². The van der Waals surface area contributed by atoms with Crippen molar-refractivity contribution < 1.29 is 0 Å². The van der Waals surface area contributed by atoms with Gasteiger partial charge in [0, 0.05) is 5.22 Å². The number of hydrogen-bond donors (Lipinski definition) is 1. The molecule has 2 aliphatic rings. The van der Waals surface area contributed by atoms with Gasteiger partial charge < -0.3 is 0 Å². The van der Waals surface area contributed by atoms with E-state index in [9.17, 15) is 0 Å². The topological polar surface area (TPSA) is 40.3 Å². The summed E-state index contributed by atoms with van der Waals surface area (Å²) in [6.45, 7) is 0.600. The molecule has 0 saturated heterocycles. The number of benzene rings is 1. The molecular weight excluding hydrogens is 184 g/mol. The van der Waals surface area contributed by atoms with Crippen LogP contribution in [0.15, 0.2) is 27.4 Å². The normalized spacial score (nSPS) is 16.5. The summed E-state index contributed by atoms with van der Waals surface area (Å²) in [5.41, 5.74) is 1.93. The number of azo groups is 1. The Kier molecular flexibility index (Phi) is 1.26. The maximum atomic E-state index is 4.35. The van der Waals surface area contributed by atoms with Crippen molar-refractivity contribution in [3.8, 4) is 0 Å².